The van der Waals surface area contributed by atoms with Gasteiger partial charge in [0.1, 0.15) is 0 Å². The van der Waals surface area contributed by atoms with Crippen molar-refractivity contribution in [1.82, 2.24) is 0 Å². The number of anilines is 1. The summed E-state index contributed by atoms with van der Waals surface area (Å²) in [6, 6.07) is 3.34. The lowest BCUT2D eigenvalue weighted by atomic mass is 10.3. The molecule has 0 amide bonds. The lowest BCUT2D eigenvalue weighted by molar-refractivity contribution is 0.234. The van der Waals surface area contributed by atoms with E-state index in [0.29, 0.717) is 5.69 Å². The first-order valence-electron chi connectivity index (χ1n) is 3.43. The van der Waals surface area contributed by atoms with E-state index < -0.39 is 20.5 Å². The van der Waals surface area contributed by atoms with Crippen LogP contribution >= 0.6 is 15.9 Å². The van der Waals surface area contributed by atoms with Gasteiger partial charge < -0.3 is 5.73 Å². The van der Waals surface area contributed by atoms with Gasteiger partial charge in [-0.1, -0.05) is 0 Å². The van der Waals surface area contributed by atoms with E-state index in [9.17, 15) is 17.2 Å². The summed E-state index contributed by atoms with van der Waals surface area (Å²) >= 11 is 2.95. The van der Waals surface area contributed by atoms with E-state index in [1.807, 2.05) is 0 Å². The lowest BCUT2D eigenvalue weighted by Gasteiger charge is -2.04. The van der Waals surface area contributed by atoms with E-state index in [1.54, 1.807) is 0 Å². The highest BCUT2D eigenvalue weighted by Crippen LogP contribution is 2.25. The monoisotopic (exact) mass is 285 g/mol. The van der Waals surface area contributed by atoms with Crippen molar-refractivity contribution in [2.75, 3.05) is 5.73 Å². The molecule has 0 heterocycles. The van der Waals surface area contributed by atoms with Crippen LogP contribution in [0.15, 0.2) is 27.6 Å². The second-order valence-corrected chi connectivity index (χ2v) is 5.26. The van der Waals surface area contributed by atoms with E-state index >= 15 is 0 Å². The fourth-order valence-corrected chi connectivity index (χ4v) is 2.06. The van der Waals surface area contributed by atoms with Gasteiger partial charge in [-0.25, -0.2) is 8.42 Å². The third-order valence-electron chi connectivity index (χ3n) is 1.54. The molecule has 14 heavy (non-hydrogen) atoms. The number of alkyl halides is 2. The van der Waals surface area contributed by atoms with Crippen LogP contribution in [0.1, 0.15) is 0 Å². The second-order valence-electron chi connectivity index (χ2n) is 2.49. The predicted molar refractivity (Wildman–Crippen MR) is 51.7 cm³/mol. The summed E-state index contributed by atoms with van der Waals surface area (Å²) in [4.78, 5) is -0.450. The molecule has 0 fully saturated rings. The van der Waals surface area contributed by atoms with Crippen molar-refractivity contribution in [2.24, 2.45) is 0 Å². The Balaban J connectivity index is 3.29. The van der Waals surface area contributed by atoms with Gasteiger partial charge in [0.05, 0.1) is 4.90 Å². The molecule has 0 atom stereocenters. The normalized spacial score (nSPS) is 12.0. The molecule has 1 aromatic rings. The summed E-state index contributed by atoms with van der Waals surface area (Å²) in [5, 5.41) is 0. The maximum Gasteiger partial charge on any atom is 0.341 e. The largest absolute Gasteiger partial charge is 0.398 e. The summed E-state index contributed by atoms with van der Waals surface area (Å²) in [6.07, 6.45) is 0. The van der Waals surface area contributed by atoms with Crippen LogP contribution in [0.3, 0.4) is 0 Å². The van der Waals surface area contributed by atoms with Crippen LogP contribution in [0.4, 0.5) is 14.5 Å². The molecule has 0 spiro atoms. The minimum Gasteiger partial charge on any atom is -0.398 e. The fraction of sp³-hybridized carbons (Fsp3) is 0.143. The Kier molecular flexibility index (Phi) is 3.10. The molecule has 0 aliphatic carbocycles. The number of rotatable bonds is 2. The highest BCUT2D eigenvalue weighted by molar-refractivity contribution is 9.10. The Morgan fingerprint density at radius 3 is 2.36 bits per heavy atom. The van der Waals surface area contributed by atoms with Crippen LogP contribution in [0.25, 0.3) is 0 Å². The van der Waals surface area contributed by atoms with Gasteiger partial charge in [0, 0.05) is 10.2 Å². The Hall–Kier alpha value is -0.690. The van der Waals surface area contributed by atoms with Gasteiger partial charge in [-0.3, -0.25) is 0 Å². The van der Waals surface area contributed by atoms with Crippen LogP contribution in [0.2, 0.25) is 0 Å². The summed E-state index contributed by atoms with van der Waals surface area (Å²) < 4.78 is 46.4. The average Bonchev–Trinajstić information content (AvgIpc) is 2.09. The molecule has 0 aromatic heterocycles. The standard InChI is InChI=1S/C7H6BrF2NO2S/c8-5-3-4(1-2-6(5)11)14(12,13)7(9)10/h1-3,7H,11H2. The molecule has 3 nitrogen and oxygen atoms in total. The minimum absolute atomic E-state index is 0.277. The summed E-state index contributed by atoms with van der Waals surface area (Å²) in [7, 11) is -4.54. The van der Waals surface area contributed by atoms with Crippen molar-refractivity contribution < 1.29 is 17.2 Å². The molecular formula is C7H6BrF2NO2S. The van der Waals surface area contributed by atoms with Crippen LogP contribution < -0.4 is 5.73 Å². The number of nitrogen functional groups attached to an aromatic ring is 1. The maximum atomic E-state index is 12.1. The van der Waals surface area contributed by atoms with Crippen LogP contribution in [0.5, 0.6) is 0 Å². The lowest BCUT2D eigenvalue weighted by Crippen LogP contribution is -2.11. The van der Waals surface area contributed by atoms with Gasteiger partial charge in [0.25, 0.3) is 0 Å². The number of nitrogens with two attached hydrogens (primary N) is 1. The van der Waals surface area contributed by atoms with Crippen LogP contribution in [0, 0.1) is 0 Å². The van der Waals surface area contributed by atoms with E-state index in [2.05, 4.69) is 15.9 Å². The highest BCUT2D eigenvalue weighted by Gasteiger charge is 2.26. The quantitative estimate of drug-likeness (QED) is 0.846. The van der Waals surface area contributed by atoms with E-state index in [-0.39, 0.29) is 4.47 Å². The van der Waals surface area contributed by atoms with Crippen molar-refractivity contribution in [3.8, 4) is 0 Å². The molecule has 0 bridgehead atoms. The zero-order valence-corrected chi connectivity index (χ0v) is 9.15. The number of halogens is 3. The van der Waals surface area contributed by atoms with Crippen LogP contribution in [-0.4, -0.2) is 14.2 Å². The molecule has 0 saturated heterocycles. The number of benzene rings is 1. The Labute approximate surface area is 88.0 Å². The molecular weight excluding hydrogens is 280 g/mol. The molecule has 0 aliphatic rings. The van der Waals surface area contributed by atoms with Crippen molar-refractivity contribution in [2.45, 2.75) is 10.7 Å². The van der Waals surface area contributed by atoms with Gasteiger partial charge >= 0.3 is 5.76 Å². The van der Waals surface area contributed by atoms with Gasteiger partial charge in [0.2, 0.25) is 9.84 Å². The molecule has 1 rings (SSSR count). The Morgan fingerprint density at radius 1 is 1.36 bits per heavy atom. The van der Waals surface area contributed by atoms with Gasteiger partial charge in [-0.05, 0) is 34.1 Å². The Morgan fingerprint density at radius 2 is 1.93 bits per heavy atom. The fourth-order valence-electron chi connectivity index (χ4n) is 0.788. The van der Waals surface area contributed by atoms with Crippen LogP contribution in [-0.2, 0) is 9.84 Å². The summed E-state index contributed by atoms with van der Waals surface area (Å²) in [6.45, 7) is 0. The number of sulfone groups is 1. The van der Waals surface area contributed by atoms with E-state index in [0.717, 1.165) is 12.1 Å². The molecule has 7 heteroatoms. The smallest absolute Gasteiger partial charge is 0.341 e. The number of hydrogen-bond donors (Lipinski definition) is 1. The topological polar surface area (TPSA) is 60.2 Å². The zero-order valence-electron chi connectivity index (χ0n) is 6.75. The van der Waals surface area contributed by atoms with Gasteiger partial charge in [-0.2, -0.15) is 8.78 Å². The molecule has 0 unspecified atom stereocenters. The molecule has 0 saturated carbocycles. The summed E-state index contributed by atoms with van der Waals surface area (Å²) in [5.41, 5.74) is 5.67. The third-order valence-corrected chi connectivity index (χ3v) is 3.60. The van der Waals surface area contributed by atoms with Crippen molar-refractivity contribution >= 4 is 31.5 Å². The van der Waals surface area contributed by atoms with E-state index in [1.165, 1.54) is 6.07 Å². The molecule has 2 N–H and O–H groups in total. The van der Waals surface area contributed by atoms with Crippen molar-refractivity contribution in [1.29, 1.82) is 0 Å². The second kappa shape index (κ2) is 3.82. The highest BCUT2D eigenvalue weighted by atomic mass is 79.9. The number of hydrogen-bond acceptors (Lipinski definition) is 3. The zero-order chi connectivity index (χ0) is 10.9. The first-order valence-corrected chi connectivity index (χ1v) is 5.76. The van der Waals surface area contributed by atoms with Gasteiger partial charge in [-0.15, -0.1) is 0 Å². The predicted octanol–water partition coefficient (Wildman–Crippen LogP) is 2.03. The third kappa shape index (κ3) is 2.03. The molecule has 78 valence electrons. The molecule has 0 radical (unpaired) electrons. The average molecular weight is 286 g/mol. The van der Waals surface area contributed by atoms with Crippen molar-refractivity contribution in [3.63, 3.8) is 0 Å². The van der Waals surface area contributed by atoms with E-state index in [4.69, 9.17) is 5.73 Å². The van der Waals surface area contributed by atoms with Crippen molar-refractivity contribution in [3.05, 3.63) is 22.7 Å². The maximum absolute atomic E-state index is 12.1. The first-order chi connectivity index (χ1) is 6.35. The Bertz CT molecular complexity index is 447. The molecule has 0 aliphatic heterocycles. The summed E-state index contributed by atoms with van der Waals surface area (Å²) in [5.74, 6) is -3.42. The first kappa shape index (κ1) is 11.4. The minimum atomic E-state index is -4.54. The SMILES string of the molecule is Nc1ccc(S(=O)(=O)C(F)F)cc1Br. The molecule has 1 aromatic carbocycles. The van der Waals surface area contributed by atoms with Gasteiger partial charge in [0.15, 0.2) is 0 Å².